The number of hydrogen-bond acceptors (Lipinski definition) is 6. The van der Waals surface area contributed by atoms with Crippen molar-refractivity contribution in [2.24, 2.45) is 0 Å². The molecule has 0 aliphatic carbocycles. The van der Waals surface area contributed by atoms with E-state index >= 15 is 0 Å². The average molecular weight is 698 g/mol. The van der Waals surface area contributed by atoms with Crippen LogP contribution in [-0.4, -0.2) is 62.3 Å². The van der Waals surface area contributed by atoms with Crippen molar-refractivity contribution in [3.8, 4) is 5.75 Å². The second-order valence-electron chi connectivity index (χ2n) is 11.3. The van der Waals surface area contributed by atoms with E-state index in [0.717, 1.165) is 42.5 Å². The Morgan fingerprint density at radius 2 is 1.33 bits per heavy atom. The minimum atomic E-state index is -0.408. The number of esters is 2. The van der Waals surface area contributed by atoms with Gasteiger partial charge in [0.25, 0.3) is 5.91 Å². The van der Waals surface area contributed by atoms with Crippen molar-refractivity contribution < 1.29 is 50.1 Å². The molecule has 8 nitrogen and oxygen atoms in total. The molecule has 0 saturated heterocycles. The molecule has 9 heteroatoms. The number of amides is 1. The van der Waals surface area contributed by atoms with E-state index < -0.39 is 5.97 Å². The van der Waals surface area contributed by atoms with Crippen LogP contribution in [0.3, 0.4) is 0 Å². The van der Waals surface area contributed by atoms with Crippen LogP contribution in [0.15, 0.2) is 72.8 Å². The largest absolute Gasteiger partial charge is 1.00 e. The number of nitrogens with zero attached hydrogens (tertiary/aromatic N) is 1. The lowest BCUT2D eigenvalue weighted by atomic mass is 10.1. The topological polar surface area (TPSA) is 90.9 Å². The number of carbonyl (C=O) groups is 3. The molecule has 0 fully saturated rings. The molecule has 0 spiro atoms. The highest BCUT2D eigenvalue weighted by Gasteiger charge is 2.25. The summed E-state index contributed by atoms with van der Waals surface area (Å²) in [7, 11) is 1.37. The van der Waals surface area contributed by atoms with E-state index in [1.165, 1.54) is 32.8 Å². The molecule has 0 aromatic heterocycles. The van der Waals surface area contributed by atoms with Gasteiger partial charge in [-0.3, -0.25) is 4.79 Å². The number of benzene rings is 3. The number of quaternary nitrogens is 1. The van der Waals surface area contributed by atoms with Gasteiger partial charge in [-0.25, -0.2) is 9.59 Å². The standard InChI is InChI=1S/C37H48N2O6.BrH/c1-5-8-9-10-11-14-26-44-34-16-13-12-15-33(34)35(40)38-32-23-21-31(22-24-32)37(42)45-27-25-39(6-2,7-3)28-29-17-19-30(20-18-29)36(41)43-4;/h12-13,15-24H,5-11,14,25-28H2,1-4H3;1H. The Hall–Kier alpha value is -3.69. The quantitative estimate of drug-likeness (QED) is 0.111. The Balaban J connectivity index is 0.00000736. The van der Waals surface area contributed by atoms with Crippen LogP contribution in [0.1, 0.15) is 95.9 Å². The first-order valence-corrected chi connectivity index (χ1v) is 16.2. The third-order valence-corrected chi connectivity index (χ3v) is 8.30. The highest BCUT2D eigenvalue weighted by Crippen LogP contribution is 2.21. The molecule has 0 aliphatic heterocycles. The van der Waals surface area contributed by atoms with E-state index in [9.17, 15) is 14.4 Å². The van der Waals surface area contributed by atoms with Gasteiger partial charge in [-0.15, -0.1) is 0 Å². The van der Waals surface area contributed by atoms with Crippen molar-refractivity contribution in [2.75, 3.05) is 45.3 Å². The summed E-state index contributed by atoms with van der Waals surface area (Å²) in [6.07, 6.45) is 7.03. The van der Waals surface area contributed by atoms with Gasteiger partial charge in [0.1, 0.15) is 25.4 Å². The molecule has 3 aromatic carbocycles. The number of ether oxygens (including phenoxy) is 3. The number of hydrogen-bond donors (Lipinski definition) is 1. The molecule has 0 saturated carbocycles. The zero-order valence-corrected chi connectivity index (χ0v) is 29.3. The third kappa shape index (κ3) is 11.9. The fraction of sp³-hybridized carbons (Fsp3) is 0.432. The lowest BCUT2D eigenvalue weighted by Crippen LogP contribution is -3.00. The van der Waals surface area contributed by atoms with Crippen molar-refractivity contribution in [3.05, 3.63) is 95.1 Å². The van der Waals surface area contributed by atoms with Gasteiger partial charge in [0.05, 0.1) is 43.5 Å². The molecule has 3 aromatic rings. The number of para-hydroxylation sites is 1. The summed E-state index contributed by atoms with van der Waals surface area (Å²) >= 11 is 0. The van der Waals surface area contributed by atoms with E-state index in [2.05, 4.69) is 26.1 Å². The van der Waals surface area contributed by atoms with Crippen LogP contribution in [0.25, 0.3) is 0 Å². The maximum absolute atomic E-state index is 13.0. The van der Waals surface area contributed by atoms with E-state index in [1.54, 1.807) is 42.5 Å². The number of halogens is 1. The molecule has 3 rings (SSSR count). The fourth-order valence-corrected chi connectivity index (χ4v) is 5.24. The number of likely N-dealkylation sites (N-methyl/N-ethyl adjacent to an activating group) is 1. The zero-order valence-electron chi connectivity index (χ0n) is 27.7. The molecule has 46 heavy (non-hydrogen) atoms. The maximum atomic E-state index is 13.0. The van der Waals surface area contributed by atoms with Crippen LogP contribution in [-0.2, 0) is 16.0 Å². The molecule has 1 N–H and O–H groups in total. The monoisotopic (exact) mass is 696 g/mol. The Bertz CT molecular complexity index is 1360. The van der Waals surface area contributed by atoms with Crippen molar-refractivity contribution in [3.63, 3.8) is 0 Å². The summed E-state index contributed by atoms with van der Waals surface area (Å²) in [5.74, 6) is -0.466. The van der Waals surface area contributed by atoms with Gasteiger partial charge in [-0.2, -0.15) is 0 Å². The van der Waals surface area contributed by atoms with Crippen molar-refractivity contribution in [2.45, 2.75) is 65.8 Å². The van der Waals surface area contributed by atoms with Crippen LogP contribution in [0, 0.1) is 0 Å². The zero-order chi connectivity index (χ0) is 32.5. The van der Waals surface area contributed by atoms with Gasteiger partial charge in [0.15, 0.2) is 0 Å². The highest BCUT2D eigenvalue weighted by atomic mass is 79.9. The van der Waals surface area contributed by atoms with E-state index in [4.69, 9.17) is 14.2 Å². The molecule has 0 bridgehead atoms. The molecule has 250 valence electrons. The predicted molar refractivity (Wildman–Crippen MR) is 178 cm³/mol. The predicted octanol–water partition coefficient (Wildman–Crippen LogP) is 4.68. The molecule has 0 radical (unpaired) electrons. The molecule has 0 unspecified atom stereocenters. The number of carbonyl (C=O) groups excluding carboxylic acids is 3. The van der Waals surface area contributed by atoms with E-state index in [0.29, 0.717) is 41.3 Å². The van der Waals surface area contributed by atoms with Gasteiger partial charge < -0.3 is 41.0 Å². The summed E-state index contributed by atoms with van der Waals surface area (Å²) < 4.78 is 17.1. The summed E-state index contributed by atoms with van der Waals surface area (Å²) in [6.45, 7) is 10.5. The van der Waals surface area contributed by atoms with Gasteiger partial charge in [0.2, 0.25) is 0 Å². The molecular formula is C37H49BrN2O6. The van der Waals surface area contributed by atoms with Crippen molar-refractivity contribution in [1.82, 2.24) is 0 Å². The van der Waals surface area contributed by atoms with Gasteiger partial charge in [-0.05, 0) is 68.8 Å². The second kappa shape index (κ2) is 20.4. The van der Waals surface area contributed by atoms with Crippen molar-refractivity contribution >= 4 is 23.5 Å². The number of nitrogens with one attached hydrogen (secondary N) is 1. The minimum Gasteiger partial charge on any atom is -1.00 e. The Morgan fingerprint density at radius 1 is 0.717 bits per heavy atom. The van der Waals surface area contributed by atoms with Gasteiger partial charge in [0, 0.05) is 11.3 Å². The van der Waals surface area contributed by atoms with Crippen LogP contribution >= 0.6 is 0 Å². The Kier molecular flexibility index (Phi) is 17.1. The molecular weight excluding hydrogens is 648 g/mol. The SMILES string of the molecule is CCCCCCCCOc1ccccc1C(=O)Nc1ccc(C(=O)OCC[N+](CC)(CC)Cc2ccc(C(=O)OC)cc2)cc1.[Br-]. The number of anilines is 1. The third-order valence-electron chi connectivity index (χ3n) is 8.30. The summed E-state index contributed by atoms with van der Waals surface area (Å²) in [6, 6.07) is 21.4. The van der Waals surface area contributed by atoms with Crippen LogP contribution in [0.5, 0.6) is 5.75 Å². The van der Waals surface area contributed by atoms with Crippen LogP contribution < -0.4 is 27.0 Å². The summed E-state index contributed by atoms with van der Waals surface area (Å²) in [4.78, 5) is 37.6. The summed E-state index contributed by atoms with van der Waals surface area (Å²) in [5.41, 5.74) is 3.08. The fourth-order valence-electron chi connectivity index (χ4n) is 5.24. The van der Waals surface area contributed by atoms with Crippen LogP contribution in [0.4, 0.5) is 5.69 Å². The van der Waals surface area contributed by atoms with Gasteiger partial charge in [-0.1, -0.05) is 63.3 Å². The minimum absolute atomic E-state index is 0. The normalized spacial score (nSPS) is 10.9. The molecule has 1 amide bonds. The van der Waals surface area contributed by atoms with E-state index in [1.807, 2.05) is 30.3 Å². The second-order valence-corrected chi connectivity index (χ2v) is 11.3. The maximum Gasteiger partial charge on any atom is 0.338 e. The Labute approximate surface area is 284 Å². The average Bonchev–Trinajstić information content (AvgIpc) is 3.07. The summed E-state index contributed by atoms with van der Waals surface area (Å²) in [5, 5.41) is 2.90. The first-order valence-electron chi connectivity index (χ1n) is 16.2. The lowest BCUT2D eigenvalue weighted by Gasteiger charge is -2.36. The smallest absolute Gasteiger partial charge is 0.338 e. The lowest BCUT2D eigenvalue weighted by molar-refractivity contribution is -0.937. The first kappa shape index (κ1) is 38.5. The number of unbranched alkanes of at least 4 members (excludes halogenated alkanes) is 5. The van der Waals surface area contributed by atoms with Crippen molar-refractivity contribution in [1.29, 1.82) is 0 Å². The molecule has 0 heterocycles. The molecule has 0 aliphatic rings. The van der Waals surface area contributed by atoms with Crippen LogP contribution in [0.2, 0.25) is 0 Å². The first-order chi connectivity index (χ1) is 21.8. The Morgan fingerprint density at radius 3 is 1.98 bits per heavy atom. The highest BCUT2D eigenvalue weighted by molar-refractivity contribution is 6.06. The number of methoxy groups -OCH3 is 1. The van der Waals surface area contributed by atoms with Gasteiger partial charge >= 0.3 is 11.9 Å². The molecule has 0 atom stereocenters. The number of rotatable bonds is 19. The van der Waals surface area contributed by atoms with E-state index in [-0.39, 0.29) is 35.5 Å².